The molecule has 1 N–H and O–H groups in total. The SMILES string of the molecule is CC(C)(C)c1cc(C([S])CCCCCC#N)cc(C(C)(C)C)c1O. The lowest BCUT2D eigenvalue weighted by molar-refractivity contribution is 0.422. The molecular formula is C21H32NOS. The molecule has 1 radical (unpaired) electrons. The van der Waals surface area contributed by atoms with Gasteiger partial charge < -0.3 is 5.11 Å². The van der Waals surface area contributed by atoms with Gasteiger partial charge in [-0.3, -0.25) is 0 Å². The molecule has 1 atom stereocenters. The zero-order valence-electron chi connectivity index (χ0n) is 16.1. The van der Waals surface area contributed by atoms with Gasteiger partial charge in [-0.15, -0.1) is 0 Å². The highest BCUT2D eigenvalue weighted by Crippen LogP contribution is 2.42. The van der Waals surface area contributed by atoms with E-state index in [0.717, 1.165) is 42.4 Å². The second-order valence-electron chi connectivity index (χ2n) is 8.71. The molecule has 0 aliphatic carbocycles. The summed E-state index contributed by atoms with van der Waals surface area (Å²) in [5.74, 6) is 0.412. The minimum Gasteiger partial charge on any atom is -0.507 e. The fourth-order valence-electron chi connectivity index (χ4n) is 2.86. The third-order valence-corrected chi connectivity index (χ3v) is 4.88. The zero-order chi connectivity index (χ0) is 18.5. The Morgan fingerprint density at radius 1 is 1.00 bits per heavy atom. The minimum absolute atomic E-state index is 0.0508. The number of aromatic hydroxyl groups is 1. The van der Waals surface area contributed by atoms with Crippen LogP contribution in [0.2, 0.25) is 0 Å². The van der Waals surface area contributed by atoms with Crippen LogP contribution in [0.5, 0.6) is 5.75 Å². The number of phenolic OH excluding ortho intramolecular Hbond substituents is 1. The number of nitriles is 1. The first-order chi connectivity index (χ1) is 11.0. The molecule has 0 saturated carbocycles. The topological polar surface area (TPSA) is 44.0 Å². The highest BCUT2D eigenvalue weighted by molar-refractivity contribution is 7.80. The van der Waals surface area contributed by atoms with Crippen LogP contribution in [-0.2, 0) is 10.8 Å². The summed E-state index contributed by atoms with van der Waals surface area (Å²) >= 11 is 5.74. The van der Waals surface area contributed by atoms with Gasteiger partial charge in [0.25, 0.3) is 0 Å². The molecule has 1 aromatic rings. The van der Waals surface area contributed by atoms with E-state index in [1.54, 1.807) is 0 Å². The highest BCUT2D eigenvalue weighted by atomic mass is 32.1. The summed E-state index contributed by atoms with van der Waals surface area (Å²) in [6.45, 7) is 12.7. The molecule has 3 heteroatoms. The number of benzene rings is 1. The van der Waals surface area contributed by atoms with Crippen LogP contribution in [-0.4, -0.2) is 5.11 Å². The van der Waals surface area contributed by atoms with Crippen molar-refractivity contribution in [3.63, 3.8) is 0 Å². The predicted octanol–water partition coefficient (Wildman–Crippen LogP) is 6.70. The fraction of sp³-hybridized carbons (Fsp3) is 0.667. The number of hydrogen-bond acceptors (Lipinski definition) is 2. The Labute approximate surface area is 153 Å². The molecule has 0 aromatic heterocycles. The zero-order valence-corrected chi connectivity index (χ0v) is 16.9. The molecule has 1 aromatic carbocycles. The summed E-state index contributed by atoms with van der Waals surface area (Å²) in [4.78, 5) is 0. The van der Waals surface area contributed by atoms with Crippen LogP contribution < -0.4 is 0 Å². The smallest absolute Gasteiger partial charge is 0.123 e. The Morgan fingerprint density at radius 2 is 1.50 bits per heavy atom. The molecule has 0 heterocycles. The summed E-state index contributed by atoms with van der Waals surface area (Å²) < 4.78 is 0. The molecule has 0 fully saturated rings. The highest BCUT2D eigenvalue weighted by Gasteiger charge is 2.27. The minimum atomic E-state index is -0.123. The van der Waals surface area contributed by atoms with E-state index in [-0.39, 0.29) is 16.1 Å². The van der Waals surface area contributed by atoms with Gasteiger partial charge >= 0.3 is 0 Å². The average Bonchev–Trinajstić information content (AvgIpc) is 2.44. The molecule has 2 nitrogen and oxygen atoms in total. The number of phenols is 1. The van der Waals surface area contributed by atoms with Crippen LogP contribution in [0.25, 0.3) is 0 Å². The number of unbranched alkanes of at least 4 members (excludes halogenated alkanes) is 3. The molecule has 0 bridgehead atoms. The van der Waals surface area contributed by atoms with Gasteiger partial charge in [0.15, 0.2) is 0 Å². The third-order valence-electron chi connectivity index (χ3n) is 4.37. The van der Waals surface area contributed by atoms with Crippen LogP contribution >= 0.6 is 12.6 Å². The standard InChI is InChI=1S/C21H32NOS/c1-20(2,3)16-13-15(14-17(19(16)23)21(4,5)6)18(24)11-9-7-8-10-12-22/h13-14,18,23H,7-11H2,1-6H3. The summed E-state index contributed by atoms with van der Waals surface area (Å²) in [5.41, 5.74) is 2.84. The van der Waals surface area contributed by atoms with Gasteiger partial charge in [-0.2, -0.15) is 5.26 Å². The lowest BCUT2D eigenvalue weighted by Gasteiger charge is -2.29. The van der Waals surface area contributed by atoms with Crippen molar-refractivity contribution < 1.29 is 5.11 Å². The maximum atomic E-state index is 10.8. The number of rotatable bonds is 6. The molecule has 133 valence electrons. The Bertz CT molecular complexity index is 552. The largest absolute Gasteiger partial charge is 0.507 e. The van der Waals surface area contributed by atoms with Gasteiger partial charge in [0, 0.05) is 11.7 Å². The Kier molecular flexibility index (Phi) is 7.23. The van der Waals surface area contributed by atoms with Crippen LogP contribution in [0.4, 0.5) is 0 Å². The summed E-state index contributed by atoms with van der Waals surface area (Å²) in [6, 6.07) is 6.38. The van der Waals surface area contributed by atoms with Crippen molar-refractivity contribution in [1.82, 2.24) is 0 Å². The summed E-state index contributed by atoms with van der Waals surface area (Å²) in [6.07, 6.45) is 4.63. The first-order valence-electron chi connectivity index (χ1n) is 8.89. The molecule has 1 rings (SSSR count). The Morgan fingerprint density at radius 3 is 1.92 bits per heavy atom. The van der Waals surface area contributed by atoms with E-state index in [1.807, 2.05) is 0 Å². The van der Waals surface area contributed by atoms with E-state index >= 15 is 0 Å². The van der Waals surface area contributed by atoms with Gasteiger partial charge in [0.2, 0.25) is 0 Å². The summed E-state index contributed by atoms with van der Waals surface area (Å²) in [5, 5.41) is 19.4. The molecule has 0 amide bonds. The molecule has 1 unspecified atom stereocenters. The van der Waals surface area contributed by atoms with E-state index in [2.05, 4.69) is 59.7 Å². The van der Waals surface area contributed by atoms with Gasteiger partial charge in [0.05, 0.1) is 6.07 Å². The monoisotopic (exact) mass is 346 g/mol. The normalized spacial score (nSPS) is 13.6. The number of hydrogen-bond donors (Lipinski definition) is 1. The van der Waals surface area contributed by atoms with Crippen LogP contribution in [0.3, 0.4) is 0 Å². The van der Waals surface area contributed by atoms with Crippen molar-refractivity contribution in [2.75, 3.05) is 0 Å². The second kappa shape index (κ2) is 8.30. The Balaban J connectivity index is 3.08. The van der Waals surface area contributed by atoms with Crippen molar-refractivity contribution in [2.24, 2.45) is 0 Å². The van der Waals surface area contributed by atoms with E-state index < -0.39 is 0 Å². The number of nitrogens with zero attached hydrogens (tertiary/aromatic N) is 1. The van der Waals surface area contributed by atoms with Crippen molar-refractivity contribution in [2.45, 2.75) is 89.7 Å². The molecule has 0 saturated heterocycles. The van der Waals surface area contributed by atoms with Gasteiger partial charge in [-0.1, -0.05) is 79.1 Å². The van der Waals surface area contributed by atoms with E-state index in [1.165, 1.54) is 0 Å². The maximum absolute atomic E-state index is 10.8. The van der Waals surface area contributed by atoms with Gasteiger partial charge in [0.1, 0.15) is 5.75 Å². The first kappa shape index (κ1) is 20.9. The lowest BCUT2D eigenvalue weighted by atomic mass is 9.78. The molecule has 0 aliphatic rings. The third kappa shape index (κ3) is 5.74. The van der Waals surface area contributed by atoms with E-state index in [4.69, 9.17) is 17.9 Å². The Hall–Kier alpha value is -1.14. The van der Waals surface area contributed by atoms with Gasteiger partial charge in [-0.05, 0) is 40.4 Å². The lowest BCUT2D eigenvalue weighted by Crippen LogP contribution is -2.18. The first-order valence-corrected chi connectivity index (χ1v) is 9.36. The van der Waals surface area contributed by atoms with Crippen molar-refractivity contribution in [3.8, 4) is 11.8 Å². The molecular weight excluding hydrogens is 314 g/mol. The van der Waals surface area contributed by atoms with Crippen molar-refractivity contribution >= 4 is 12.6 Å². The fourth-order valence-corrected chi connectivity index (χ4v) is 3.17. The van der Waals surface area contributed by atoms with Gasteiger partial charge in [-0.25, -0.2) is 0 Å². The molecule has 0 aliphatic heterocycles. The van der Waals surface area contributed by atoms with E-state index in [0.29, 0.717) is 12.2 Å². The maximum Gasteiger partial charge on any atom is 0.123 e. The van der Waals surface area contributed by atoms with Crippen molar-refractivity contribution in [3.05, 3.63) is 28.8 Å². The van der Waals surface area contributed by atoms with Crippen molar-refractivity contribution in [1.29, 1.82) is 5.26 Å². The molecule has 24 heavy (non-hydrogen) atoms. The predicted molar refractivity (Wildman–Crippen MR) is 105 cm³/mol. The van der Waals surface area contributed by atoms with Crippen LogP contribution in [0.15, 0.2) is 12.1 Å². The average molecular weight is 347 g/mol. The van der Waals surface area contributed by atoms with Crippen LogP contribution in [0, 0.1) is 11.3 Å². The van der Waals surface area contributed by atoms with Crippen LogP contribution in [0.1, 0.15) is 95.6 Å². The quantitative estimate of drug-likeness (QED) is 0.582. The second-order valence-corrected chi connectivity index (χ2v) is 9.28. The molecule has 0 spiro atoms. The van der Waals surface area contributed by atoms with E-state index in [9.17, 15) is 5.11 Å². The summed E-state index contributed by atoms with van der Waals surface area (Å²) in [7, 11) is 0.